The molecule has 0 spiro atoms. The van der Waals surface area contributed by atoms with Crippen molar-refractivity contribution in [3.8, 4) is 22.6 Å². The zero-order chi connectivity index (χ0) is 19.7. The Morgan fingerprint density at radius 3 is 2.68 bits per heavy atom. The van der Waals surface area contributed by atoms with Gasteiger partial charge in [0.2, 0.25) is 5.91 Å². The van der Waals surface area contributed by atoms with Crippen LogP contribution in [0.25, 0.3) is 22.6 Å². The van der Waals surface area contributed by atoms with Crippen LogP contribution in [0, 0.1) is 12.8 Å². The summed E-state index contributed by atoms with van der Waals surface area (Å²) in [6, 6.07) is 14.5. The van der Waals surface area contributed by atoms with Crippen LogP contribution >= 0.6 is 0 Å². The predicted molar refractivity (Wildman–Crippen MR) is 112 cm³/mol. The second-order valence-corrected chi connectivity index (χ2v) is 8.07. The number of hydrogen-bond acceptors (Lipinski definition) is 3. The molecule has 3 aromatic rings. The molecule has 4 nitrogen and oxygen atoms in total. The number of aryl methyl sites for hydroxylation is 3. The molecule has 1 amide bonds. The average molecular weight is 374 g/mol. The van der Waals surface area contributed by atoms with Gasteiger partial charge in [-0.15, -0.1) is 0 Å². The summed E-state index contributed by atoms with van der Waals surface area (Å²) in [4.78, 5) is 11.5. The molecule has 0 aliphatic carbocycles. The Labute approximate surface area is 166 Å². The lowest BCUT2D eigenvalue weighted by Crippen LogP contribution is -2.18. The number of amides is 1. The molecule has 0 radical (unpaired) electrons. The van der Waals surface area contributed by atoms with Gasteiger partial charge in [-0.2, -0.15) is 0 Å². The number of rotatable bonds is 5. The number of fused-ring (bicyclic) bond motifs is 1. The molecule has 4 heteroatoms. The van der Waals surface area contributed by atoms with Gasteiger partial charge in [0.25, 0.3) is 0 Å². The maximum atomic E-state index is 11.5. The molecule has 0 bridgehead atoms. The van der Waals surface area contributed by atoms with Crippen molar-refractivity contribution in [1.29, 1.82) is 0 Å². The Morgan fingerprint density at radius 2 is 1.89 bits per heavy atom. The number of nitrogens with one attached hydrogen (secondary N) is 1. The van der Waals surface area contributed by atoms with Gasteiger partial charge in [-0.3, -0.25) is 4.79 Å². The molecule has 2 aromatic carbocycles. The molecule has 1 N–H and O–H groups in total. The minimum absolute atomic E-state index is 0.0798. The quantitative estimate of drug-likeness (QED) is 0.615. The molecule has 144 valence electrons. The minimum Gasteiger partial charge on any atom is -0.356 e. The van der Waals surface area contributed by atoms with Gasteiger partial charge >= 0.3 is 0 Å². The van der Waals surface area contributed by atoms with Crippen LogP contribution in [0.2, 0.25) is 0 Å². The van der Waals surface area contributed by atoms with E-state index in [0.29, 0.717) is 12.3 Å². The number of anilines is 1. The van der Waals surface area contributed by atoms with Crippen LogP contribution in [0.4, 0.5) is 5.69 Å². The van der Waals surface area contributed by atoms with E-state index in [1.165, 1.54) is 17.5 Å². The first kappa shape index (κ1) is 18.5. The Balaban J connectivity index is 1.56. The fourth-order valence-corrected chi connectivity index (χ4v) is 3.66. The van der Waals surface area contributed by atoms with Gasteiger partial charge in [0.15, 0.2) is 5.76 Å². The van der Waals surface area contributed by atoms with E-state index < -0.39 is 0 Å². The van der Waals surface area contributed by atoms with E-state index in [2.05, 4.69) is 55.5 Å². The lowest BCUT2D eigenvalue weighted by molar-refractivity contribution is -0.116. The van der Waals surface area contributed by atoms with Gasteiger partial charge in [-0.1, -0.05) is 37.2 Å². The number of carbonyl (C=O) groups is 1. The van der Waals surface area contributed by atoms with E-state index in [4.69, 9.17) is 4.52 Å². The summed E-state index contributed by atoms with van der Waals surface area (Å²) in [5, 5.41) is 7.19. The highest BCUT2D eigenvalue weighted by molar-refractivity contribution is 5.94. The molecule has 0 saturated heterocycles. The summed E-state index contributed by atoms with van der Waals surface area (Å²) in [5.74, 6) is 1.57. The summed E-state index contributed by atoms with van der Waals surface area (Å²) >= 11 is 0. The van der Waals surface area contributed by atoms with Crippen LogP contribution in [0.3, 0.4) is 0 Å². The van der Waals surface area contributed by atoms with Crippen molar-refractivity contribution in [3.05, 3.63) is 59.2 Å². The van der Waals surface area contributed by atoms with E-state index in [9.17, 15) is 4.79 Å². The smallest absolute Gasteiger partial charge is 0.224 e. The van der Waals surface area contributed by atoms with Crippen molar-refractivity contribution < 1.29 is 9.32 Å². The number of benzene rings is 2. The molecular formula is C24H26N2O2. The number of aromatic nitrogens is 1. The van der Waals surface area contributed by atoms with Crippen LogP contribution in [-0.2, 0) is 17.6 Å². The number of carbonyl (C=O) groups excluding carboxylic acids is 1. The molecule has 1 aliphatic heterocycles. The minimum atomic E-state index is 0.0798. The van der Waals surface area contributed by atoms with Gasteiger partial charge in [0.05, 0.1) is 0 Å². The summed E-state index contributed by atoms with van der Waals surface area (Å²) in [5.41, 5.74) is 7.61. The number of hydrogen-bond donors (Lipinski definition) is 1. The van der Waals surface area contributed by atoms with Crippen molar-refractivity contribution in [3.63, 3.8) is 0 Å². The summed E-state index contributed by atoms with van der Waals surface area (Å²) in [7, 11) is 0. The van der Waals surface area contributed by atoms with E-state index in [0.717, 1.165) is 46.7 Å². The van der Waals surface area contributed by atoms with Crippen LogP contribution < -0.4 is 5.32 Å². The molecule has 0 atom stereocenters. The molecule has 4 rings (SSSR count). The lowest BCUT2D eigenvalue weighted by Gasteiger charge is -2.16. The average Bonchev–Trinajstić information content (AvgIpc) is 3.16. The second-order valence-electron chi connectivity index (χ2n) is 8.07. The van der Waals surface area contributed by atoms with Crippen molar-refractivity contribution in [2.75, 3.05) is 5.32 Å². The Kier molecular flexibility index (Phi) is 5.03. The normalized spacial score (nSPS) is 13.5. The van der Waals surface area contributed by atoms with Crippen molar-refractivity contribution in [2.24, 2.45) is 5.92 Å². The third-order valence-corrected chi connectivity index (χ3v) is 5.42. The van der Waals surface area contributed by atoms with Gasteiger partial charge < -0.3 is 9.84 Å². The maximum absolute atomic E-state index is 11.5. The van der Waals surface area contributed by atoms with E-state index in [1.54, 1.807) is 0 Å². The van der Waals surface area contributed by atoms with Crippen LogP contribution in [0.15, 0.2) is 47.0 Å². The third-order valence-electron chi connectivity index (χ3n) is 5.42. The Morgan fingerprint density at radius 1 is 1.07 bits per heavy atom. The monoisotopic (exact) mass is 374 g/mol. The molecule has 0 saturated carbocycles. The maximum Gasteiger partial charge on any atom is 0.224 e. The van der Waals surface area contributed by atoms with E-state index in [1.807, 2.05) is 18.2 Å². The first-order chi connectivity index (χ1) is 13.5. The number of nitrogens with zero attached hydrogens (tertiary/aromatic N) is 1. The SMILES string of the molecule is Cc1cc(-c2cc(-c3ccc4c(c3)CCC(=O)N4)no2)ccc1CCC(C)C. The van der Waals surface area contributed by atoms with Gasteiger partial charge in [0.1, 0.15) is 5.69 Å². The largest absolute Gasteiger partial charge is 0.356 e. The van der Waals surface area contributed by atoms with E-state index in [-0.39, 0.29) is 5.91 Å². The van der Waals surface area contributed by atoms with Crippen LogP contribution in [0.1, 0.15) is 43.4 Å². The molecule has 0 fully saturated rings. The molecule has 28 heavy (non-hydrogen) atoms. The van der Waals surface area contributed by atoms with Crippen molar-refractivity contribution in [1.82, 2.24) is 5.16 Å². The lowest BCUT2D eigenvalue weighted by atomic mass is 9.96. The molecule has 0 unspecified atom stereocenters. The van der Waals surface area contributed by atoms with Crippen molar-refractivity contribution >= 4 is 11.6 Å². The fraction of sp³-hybridized carbons (Fsp3) is 0.333. The van der Waals surface area contributed by atoms with Gasteiger partial charge in [-0.05, 0) is 67.0 Å². The topological polar surface area (TPSA) is 55.1 Å². The molecule has 2 heterocycles. The summed E-state index contributed by atoms with van der Waals surface area (Å²) in [6.45, 7) is 6.68. The van der Waals surface area contributed by atoms with Crippen LogP contribution in [-0.4, -0.2) is 11.1 Å². The highest BCUT2D eigenvalue weighted by Gasteiger charge is 2.17. The molecule has 1 aromatic heterocycles. The third kappa shape index (κ3) is 3.86. The molecule has 1 aliphatic rings. The highest BCUT2D eigenvalue weighted by atomic mass is 16.5. The first-order valence-corrected chi connectivity index (χ1v) is 9.99. The zero-order valence-electron chi connectivity index (χ0n) is 16.7. The van der Waals surface area contributed by atoms with Gasteiger partial charge in [-0.25, -0.2) is 0 Å². The summed E-state index contributed by atoms with van der Waals surface area (Å²) < 4.78 is 5.64. The summed E-state index contributed by atoms with van der Waals surface area (Å²) in [6.07, 6.45) is 3.60. The fourth-order valence-electron chi connectivity index (χ4n) is 3.66. The first-order valence-electron chi connectivity index (χ1n) is 9.99. The highest BCUT2D eigenvalue weighted by Crippen LogP contribution is 2.31. The Bertz CT molecular complexity index is 1020. The van der Waals surface area contributed by atoms with Crippen LogP contribution in [0.5, 0.6) is 0 Å². The standard InChI is InChI=1S/C24H26N2O2/c1-15(2)4-5-17-6-7-20(12-16(17)3)23-14-22(26-28-23)19-8-10-21-18(13-19)9-11-24(27)25-21/h6-8,10,12-15H,4-5,9,11H2,1-3H3,(H,25,27). The second kappa shape index (κ2) is 7.63. The predicted octanol–water partition coefficient (Wildman–Crippen LogP) is 5.79. The molecular weight excluding hydrogens is 348 g/mol. The zero-order valence-corrected chi connectivity index (χ0v) is 16.7. The van der Waals surface area contributed by atoms with Gasteiger partial charge in [0, 0.05) is 29.3 Å². The Hall–Kier alpha value is -2.88. The van der Waals surface area contributed by atoms with Crippen molar-refractivity contribution in [2.45, 2.75) is 46.5 Å². The van der Waals surface area contributed by atoms with E-state index >= 15 is 0 Å².